The lowest BCUT2D eigenvalue weighted by atomic mass is 9.96. The van der Waals surface area contributed by atoms with Crippen LogP contribution in [0.2, 0.25) is 5.02 Å². The van der Waals surface area contributed by atoms with E-state index in [1.807, 2.05) is 0 Å². The van der Waals surface area contributed by atoms with Crippen LogP contribution in [0.1, 0.15) is 42.5 Å². The van der Waals surface area contributed by atoms with Crippen molar-refractivity contribution in [1.29, 1.82) is 0 Å². The molecule has 2 aliphatic rings. The lowest BCUT2D eigenvalue weighted by Crippen LogP contribution is -2.55. The van der Waals surface area contributed by atoms with E-state index in [1.165, 1.54) is 10.7 Å². The molecule has 26 heavy (non-hydrogen) atoms. The molecule has 0 aromatic heterocycles. The number of rotatable bonds is 4. The third-order valence-electron chi connectivity index (χ3n) is 5.40. The fraction of sp³-hybridized carbons (Fsp3) is 0.611. The molecule has 0 spiro atoms. The number of nitrogens with zero attached hydrogens (tertiary/aromatic N) is 3. The highest BCUT2D eigenvalue weighted by Crippen LogP contribution is 2.25. The molecule has 1 aliphatic heterocycles. The van der Waals surface area contributed by atoms with Gasteiger partial charge in [-0.2, -0.15) is 17.0 Å². The van der Waals surface area contributed by atoms with Crippen molar-refractivity contribution in [3.63, 3.8) is 0 Å². The number of benzene rings is 1. The van der Waals surface area contributed by atoms with Crippen molar-refractivity contribution in [2.24, 2.45) is 0 Å². The molecule has 1 heterocycles. The minimum Gasteiger partial charge on any atom is -0.336 e. The topological polar surface area (TPSA) is 60.9 Å². The van der Waals surface area contributed by atoms with Crippen molar-refractivity contribution in [2.45, 2.75) is 38.1 Å². The number of amides is 1. The molecular weight excluding hydrogens is 374 g/mol. The molecule has 1 aliphatic carbocycles. The Labute approximate surface area is 160 Å². The zero-order chi connectivity index (χ0) is 18.7. The van der Waals surface area contributed by atoms with Gasteiger partial charge in [-0.15, -0.1) is 0 Å². The summed E-state index contributed by atoms with van der Waals surface area (Å²) in [6.45, 7) is 1.47. The van der Waals surface area contributed by atoms with Crippen LogP contribution in [0.5, 0.6) is 0 Å². The zero-order valence-electron chi connectivity index (χ0n) is 15.1. The summed E-state index contributed by atoms with van der Waals surface area (Å²) in [6.07, 6.45) is 5.24. The molecule has 0 bridgehead atoms. The van der Waals surface area contributed by atoms with E-state index in [0.717, 1.165) is 25.7 Å². The number of halogens is 1. The molecule has 3 rings (SSSR count). The Kier molecular flexibility index (Phi) is 6.22. The largest absolute Gasteiger partial charge is 0.336 e. The number of carbonyl (C=O) groups excluding carboxylic acids is 1. The van der Waals surface area contributed by atoms with Gasteiger partial charge in [0.25, 0.3) is 16.1 Å². The summed E-state index contributed by atoms with van der Waals surface area (Å²) in [5.74, 6) is -0.0839. The Morgan fingerprint density at radius 1 is 1.04 bits per heavy atom. The Morgan fingerprint density at radius 2 is 1.62 bits per heavy atom. The molecule has 0 unspecified atom stereocenters. The summed E-state index contributed by atoms with van der Waals surface area (Å²) < 4.78 is 28.9. The van der Waals surface area contributed by atoms with Gasteiger partial charge in [0.2, 0.25) is 0 Å². The number of piperazine rings is 1. The normalized spacial score (nSPS) is 20.5. The van der Waals surface area contributed by atoms with Crippen LogP contribution in [0.15, 0.2) is 24.3 Å². The highest BCUT2D eigenvalue weighted by atomic mass is 35.5. The van der Waals surface area contributed by atoms with Gasteiger partial charge in [-0.05, 0) is 37.1 Å². The molecule has 0 atom stereocenters. The molecule has 144 valence electrons. The van der Waals surface area contributed by atoms with E-state index < -0.39 is 10.2 Å². The summed E-state index contributed by atoms with van der Waals surface area (Å²) >= 11 is 5.86. The first-order valence-electron chi connectivity index (χ1n) is 9.17. The smallest absolute Gasteiger partial charge is 0.282 e. The van der Waals surface area contributed by atoms with Gasteiger partial charge in [-0.1, -0.05) is 30.9 Å². The third-order valence-corrected chi connectivity index (χ3v) is 7.69. The maximum absolute atomic E-state index is 12.9. The Bertz CT molecular complexity index is 725. The van der Waals surface area contributed by atoms with Gasteiger partial charge in [0.1, 0.15) is 0 Å². The van der Waals surface area contributed by atoms with Crippen LogP contribution in [0.25, 0.3) is 0 Å². The predicted molar refractivity (Wildman–Crippen MR) is 102 cm³/mol. The number of hydrogen-bond donors (Lipinski definition) is 0. The first-order valence-corrected chi connectivity index (χ1v) is 10.9. The summed E-state index contributed by atoms with van der Waals surface area (Å²) in [5.41, 5.74) is 0.574. The van der Waals surface area contributed by atoms with Crippen LogP contribution >= 0.6 is 11.6 Å². The van der Waals surface area contributed by atoms with Gasteiger partial charge in [-0.3, -0.25) is 4.79 Å². The van der Waals surface area contributed by atoms with Crippen LogP contribution in [-0.2, 0) is 10.2 Å². The molecule has 0 N–H and O–H groups in total. The maximum atomic E-state index is 12.9. The lowest BCUT2D eigenvalue weighted by Gasteiger charge is -2.38. The Hall–Kier alpha value is -1.15. The third kappa shape index (κ3) is 4.22. The molecule has 8 heteroatoms. The SMILES string of the molecule is CN(C1CCCCC1)S(=O)(=O)N1CCN(C(=O)c2ccc(Cl)cc2)CC1. The molecule has 2 fully saturated rings. The van der Waals surface area contributed by atoms with Crippen molar-refractivity contribution in [1.82, 2.24) is 13.5 Å². The van der Waals surface area contributed by atoms with Crippen molar-refractivity contribution < 1.29 is 13.2 Å². The number of hydrogen-bond acceptors (Lipinski definition) is 3. The van der Waals surface area contributed by atoms with Gasteiger partial charge in [0.15, 0.2) is 0 Å². The van der Waals surface area contributed by atoms with Crippen LogP contribution in [0.4, 0.5) is 0 Å². The first kappa shape index (κ1) is 19.6. The van der Waals surface area contributed by atoms with Gasteiger partial charge in [-0.25, -0.2) is 0 Å². The van der Waals surface area contributed by atoms with E-state index in [0.29, 0.717) is 36.8 Å². The lowest BCUT2D eigenvalue weighted by molar-refractivity contribution is 0.0693. The average molecular weight is 400 g/mol. The molecule has 0 radical (unpaired) electrons. The summed E-state index contributed by atoms with van der Waals surface area (Å²) in [7, 11) is -1.78. The molecule has 1 saturated heterocycles. The maximum Gasteiger partial charge on any atom is 0.282 e. The second kappa shape index (κ2) is 8.25. The first-order chi connectivity index (χ1) is 12.4. The van der Waals surface area contributed by atoms with Crippen LogP contribution < -0.4 is 0 Å². The Balaban J connectivity index is 1.60. The van der Waals surface area contributed by atoms with Crippen molar-refractivity contribution in [3.05, 3.63) is 34.9 Å². The predicted octanol–water partition coefficient (Wildman–Crippen LogP) is 2.61. The van der Waals surface area contributed by atoms with E-state index in [-0.39, 0.29) is 11.9 Å². The van der Waals surface area contributed by atoms with E-state index >= 15 is 0 Å². The highest BCUT2D eigenvalue weighted by molar-refractivity contribution is 7.86. The fourth-order valence-electron chi connectivity index (χ4n) is 3.71. The second-order valence-corrected chi connectivity index (χ2v) is 9.44. The highest BCUT2D eigenvalue weighted by Gasteiger charge is 2.35. The van der Waals surface area contributed by atoms with E-state index in [2.05, 4.69) is 0 Å². The molecule has 1 amide bonds. The van der Waals surface area contributed by atoms with E-state index in [1.54, 1.807) is 40.5 Å². The van der Waals surface area contributed by atoms with Gasteiger partial charge in [0, 0.05) is 49.9 Å². The van der Waals surface area contributed by atoms with E-state index in [4.69, 9.17) is 11.6 Å². The Morgan fingerprint density at radius 3 is 2.19 bits per heavy atom. The molecular formula is C18H26ClN3O3S. The fourth-order valence-corrected chi connectivity index (χ4v) is 5.41. The zero-order valence-corrected chi connectivity index (χ0v) is 16.7. The standard InChI is InChI=1S/C18H26ClN3O3S/c1-20(17-5-3-2-4-6-17)26(24,25)22-13-11-21(12-14-22)18(23)15-7-9-16(19)10-8-15/h7-10,17H,2-6,11-14H2,1H3. The molecule has 1 aromatic rings. The average Bonchev–Trinajstić information content (AvgIpc) is 2.68. The van der Waals surface area contributed by atoms with Crippen LogP contribution in [-0.4, -0.2) is 67.1 Å². The summed E-state index contributed by atoms with van der Waals surface area (Å²) in [4.78, 5) is 14.3. The molecule has 6 nitrogen and oxygen atoms in total. The number of carbonyl (C=O) groups is 1. The summed E-state index contributed by atoms with van der Waals surface area (Å²) in [6, 6.07) is 6.88. The minimum atomic E-state index is -3.47. The monoisotopic (exact) mass is 399 g/mol. The van der Waals surface area contributed by atoms with Crippen molar-refractivity contribution >= 4 is 27.7 Å². The quantitative estimate of drug-likeness (QED) is 0.781. The van der Waals surface area contributed by atoms with Gasteiger partial charge >= 0.3 is 0 Å². The summed E-state index contributed by atoms with van der Waals surface area (Å²) in [5, 5.41) is 0.586. The molecule has 1 saturated carbocycles. The van der Waals surface area contributed by atoms with Crippen molar-refractivity contribution in [2.75, 3.05) is 33.2 Å². The van der Waals surface area contributed by atoms with E-state index in [9.17, 15) is 13.2 Å². The van der Waals surface area contributed by atoms with Crippen LogP contribution in [0, 0.1) is 0 Å². The van der Waals surface area contributed by atoms with Gasteiger partial charge < -0.3 is 4.90 Å². The molecule has 1 aromatic carbocycles. The van der Waals surface area contributed by atoms with Crippen LogP contribution in [0.3, 0.4) is 0 Å². The van der Waals surface area contributed by atoms with Crippen molar-refractivity contribution in [3.8, 4) is 0 Å². The second-order valence-electron chi connectivity index (χ2n) is 7.01. The van der Waals surface area contributed by atoms with Gasteiger partial charge in [0.05, 0.1) is 0 Å². The minimum absolute atomic E-state index is 0.0839.